The Hall–Kier alpha value is -1.23. The Morgan fingerprint density at radius 2 is 1.96 bits per heavy atom. The highest BCUT2D eigenvalue weighted by molar-refractivity contribution is 14.0. The van der Waals surface area contributed by atoms with Crippen molar-refractivity contribution in [2.24, 2.45) is 16.6 Å². The van der Waals surface area contributed by atoms with E-state index in [1.807, 2.05) is 9.80 Å². The van der Waals surface area contributed by atoms with Crippen molar-refractivity contribution < 1.29 is 17.9 Å². The van der Waals surface area contributed by atoms with Gasteiger partial charge in [0.25, 0.3) is 0 Å². The van der Waals surface area contributed by atoms with Crippen LogP contribution in [0.4, 0.5) is 18.9 Å². The van der Waals surface area contributed by atoms with Gasteiger partial charge in [-0.3, -0.25) is 0 Å². The second kappa shape index (κ2) is 10.00. The molecule has 2 aliphatic rings. The molecule has 0 radical (unpaired) electrons. The zero-order chi connectivity index (χ0) is 19.4. The van der Waals surface area contributed by atoms with Crippen molar-refractivity contribution in [3.63, 3.8) is 0 Å². The first kappa shape index (κ1) is 23.1. The van der Waals surface area contributed by atoms with E-state index in [4.69, 9.17) is 10.5 Å². The van der Waals surface area contributed by atoms with Gasteiger partial charge in [-0.15, -0.1) is 24.0 Å². The minimum absolute atomic E-state index is 0. The molecule has 9 heteroatoms. The number of aliphatic imine (C=N–C) groups is 1. The van der Waals surface area contributed by atoms with E-state index >= 15 is 0 Å². The van der Waals surface area contributed by atoms with E-state index in [0.717, 1.165) is 25.9 Å². The lowest BCUT2D eigenvalue weighted by molar-refractivity contribution is -0.138. The summed E-state index contributed by atoms with van der Waals surface area (Å²) in [6.07, 6.45) is -2.26. The minimum Gasteiger partial charge on any atom is -0.378 e. The van der Waals surface area contributed by atoms with Crippen LogP contribution in [0, 0.1) is 5.92 Å². The number of rotatable bonds is 3. The predicted octanol–water partition coefficient (Wildman–Crippen LogP) is 3.71. The Morgan fingerprint density at radius 3 is 2.61 bits per heavy atom. The lowest BCUT2D eigenvalue weighted by Crippen LogP contribution is -2.43. The lowest BCUT2D eigenvalue weighted by Gasteiger charge is -2.31. The summed E-state index contributed by atoms with van der Waals surface area (Å²) in [6.45, 7) is 5.92. The summed E-state index contributed by atoms with van der Waals surface area (Å²) in [5.74, 6) is 0.845. The number of morpholine rings is 1. The SMILES string of the molecule is CC1CCCN(C(N)=NCc2ccc(N3CCOCC3)cc2C(F)(F)F)C1.I. The standard InChI is InChI=1S/C19H27F3N4O.HI/c1-14-3-2-6-26(13-14)18(23)24-12-15-4-5-16(11-17(15)19(20,21)22)25-7-9-27-10-8-25;/h4-5,11,14H,2-3,6-10,12-13H2,1H3,(H2,23,24);1H. The van der Waals surface area contributed by atoms with Gasteiger partial charge in [-0.2, -0.15) is 13.2 Å². The van der Waals surface area contributed by atoms with Gasteiger partial charge in [-0.1, -0.05) is 13.0 Å². The summed E-state index contributed by atoms with van der Waals surface area (Å²) >= 11 is 0. The summed E-state index contributed by atoms with van der Waals surface area (Å²) < 4.78 is 46.0. The third-order valence-corrected chi connectivity index (χ3v) is 5.17. The molecule has 0 saturated carbocycles. The maximum atomic E-state index is 13.6. The molecule has 1 unspecified atom stereocenters. The Bertz CT molecular complexity index is 678. The molecule has 2 heterocycles. The van der Waals surface area contributed by atoms with Crippen LogP contribution in [0.25, 0.3) is 0 Å². The number of nitrogens with zero attached hydrogens (tertiary/aromatic N) is 3. The van der Waals surface area contributed by atoms with Crippen molar-refractivity contribution in [3.05, 3.63) is 29.3 Å². The summed E-state index contributed by atoms with van der Waals surface area (Å²) in [7, 11) is 0. The summed E-state index contributed by atoms with van der Waals surface area (Å²) in [5, 5.41) is 0. The number of anilines is 1. The molecule has 0 spiro atoms. The van der Waals surface area contributed by atoms with E-state index in [1.165, 1.54) is 12.1 Å². The monoisotopic (exact) mass is 512 g/mol. The quantitative estimate of drug-likeness (QED) is 0.382. The maximum Gasteiger partial charge on any atom is 0.416 e. The number of guanidine groups is 1. The van der Waals surface area contributed by atoms with Gasteiger partial charge in [0.2, 0.25) is 0 Å². The second-order valence-corrected chi connectivity index (χ2v) is 7.31. The van der Waals surface area contributed by atoms with Crippen LogP contribution in [-0.2, 0) is 17.5 Å². The van der Waals surface area contributed by atoms with Gasteiger partial charge in [-0.25, -0.2) is 4.99 Å². The average molecular weight is 512 g/mol. The highest BCUT2D eigenvalue weighted by atomic mass is 127. The molecular formula is C19H28F3IN4O. The van der Waals surface area contributed by atoms with Crippen molar-refractivity contribution in [1.82, 2.24) is 4.90 Å². The van der Waals surface area contributed by atoms with Gasteiger partial charge in [0, 0.05) is 31.9 Å². The van der Waals surface area contributed by atoms with Crippen LogP contribution in [0.5, 0.6) is 0 Å². The third kappa shape index (κ3) is 5.88. The van der Waals surface area contributed by atoms with Crippen molar-refractivity contribution in [2.45, 2.75) is 32.5 Å². The maximum absolute atomic E-state index is 13.6. The number of hydrogen-bond donors (Lipinski definition) is 1. The molecular weight excluding hydrogens is 484 g/mol. The molecule has 0 bridgehead atoms. The van der Waals surface area contributed by atoms with Crippen LogP contribution in [-0.4, -0.2) is 50.3 Å². The molecule has 158 valence electrons. The van der Waals surface area contributed by atoms with Gasteiger partial charge < -0.3 is 20.3 Å². The van der Waals surface area contributed by atoms with E-state index in [1.54, 1.807) is 6.07 Å². The number of alkyl halides is 3. The molecule has 1 atom stereocenters. The summed E-state index contributed by atoms with van der Waals surface area (Å²) in [5.41, 5.74) is 6.11. The molecule has 1 aromatic carbocycles. The first-order valence-corrected chi connectivity index (χ1v) is 9.42. The topological polar surface area (TPSA) is 54.1 Å². The molecule has 2 saturated heterocycles. The molecule has 2 aliphatic heterocycles. The fourth-order valence-electron chi connectivity index (χ4n) is 3.65. The van der Waals surface area contributed by atoms with E-state index in [2.05, 4.69) is 11.9 Å². The van der Waals surface area contributed by atoms with Gasteiger partial charge in [-0.05, 0) is 36.5 Å². The molecule has 28 heavy (non-hydrogen) atoms. The molecule has 2 N–H and O–H groups in total. The number of halogens is 4. The average Bonchev–Trinajstić information content (AvgIpc) is 2.66. The third-order valence-electron chi connectivity index (χ3n) is 5.17. The Balaban J connectivity index is 0.00000280. The van der Waals surface area contributed by atoms with Crippen LogP contribution in [0.1, 0.15) is 30.9 Å². The van der Waals surface area contributed by atoms with Crippen molar-refractivity contribution in [2.75, 3.05) is 44.3 Å². The first-order valence-electron chi connectivity index (χ1n) is 9.42. The minimum atomic E-state index is -4.43. The second-order valence-electron chi connectivity index (χ2n) is 7.31. The van der Waals surface area contributed by atoms with Crippen LogP contribution in [0.15, 0.2) is 23.2 Å². The lowest BCUT2D eigenvalue weighted by atomic mass is 10.0. The molecule has 0 aliphatic carbocycles. The molecule has 3 rings (SSSR count). The molecule has 5 nitrogen and oxygen atoms in total. The number of benzene rings is 1. The first-order chi connectivity index (χ1) is 12.8. The molecule has 0 aromatic heterocycles. The van der Waals surface area contributed by atoms with Gasteiger partial charge in [0.1, 0.15) is 0 Å². The van der Waals surface area contributed by atoms with E-state index < -0.39 is 11.7 Å². The molecule has 2 fully saturated rings. The Kier molecular flexibility index (Phi) is 8.23. The number of piperidine rings is 1. The van der Waals surface area contributed by atoms with Crippen LogP contribution in [0.3, 0.4) is 0 Å². The Labute approximate surface area is 181 Å². The highest BCUT2D eigenvalue weighted by Gasteiger charge is 2.34. The fourth-order valence-corrected chi connectivity index (χ4v) is 3.65. The van der Waals surface area contributed by atoms with Crippen LogP contribution >= 0.6 is 24.0 Å². The number of hydrogen-bond acceptors (Lipinski definition) is 3. The zero-order valence-corrected chi connectivity index (χ0v) is 18.4. The van der Waals surface area contributed by atoms with E-state index in [-0.39, 0.29) is 36.1 Å². The summed E-state index contributed by atoms with van der Waals surface area (Å²) in [6, 6.07) is 4.46. The van der Waals surface area contributed by atoms with Crippen LogP contribution in [0.2, 0.25) is 0 Å². The predicted molar refractivity (Wildman–Crippen MR) is 115 cm³/mol. The van der Waals surface area contributed by atoms with Crippen molar-refractivity contribution in [3.8, 4) is 0 Å². The van der Waals surface area contributed by atoms with E-state index in [0.29, 0.717) is 43.9 Å². The zero-order valence-electron chi connectivity index (χ0n) is 16.0. The normalized spacial score (nSPS) is 21.4. The molecule has 0 amide bonds. The van der Waals surface area contributed by atoms with Gasteiger partial charge in [0.05, 0.1) is 25.3 Å². The Morgan fingerprint density at radius 1 is 1.25 bits per heavy atom. The molecule has 1 aromatic rings. The fraction of sp³-hybridized carbons (Fsp3) is 0.632. The van der Waals surface area contributed by atoms with Gasteiger partial charge in [0.15, 0.2) is 5.96 Å². The van der Waals surface area contributed by atoms with E-state index in [9.17, 15) is 13.2 Å². The van der Waals surface area contributed by atoms with Crippen LogP contribution < -0.4 is 10.6 Å². The summed E-state index contributed by atoms with van der Waals surface area (Å²) in [4.78, 5) is 8.13. The smallest absolute Gasteiger partial charge is 0.378 e. The largest absolute Gasteiger partial charge is 0.416 e. The number of ether oxygens (including phenoxy) is 1. The number of nitrogens with two attached hydrogens (primary N) is 1. The van der Waals surface area contributed by atoms with Crippen molar-refractivity contribution >= 4 is 35.6 Å². The van der Waals surface area contributed by atoms with Gasteiger partial charge >= 0.3 is 6.18 Å². The van der Waals surface area contributed by atoms with Crippen molar-refractivity contribution in [1.29, 1.82) is 0 Å². The number of likely N-dealkylation sites (tertiary alicyclic amines) is 1. The highest BCUT2D eigenvalue weighted by Crippen LogP contribution is 2.35.